The monoisotopic (exact) mass is 312 g/mol. The number of carbonyl (C=O) groups excluding carboxylic acids is 1. The number of ketones is 1. The van der Waals surface area contributed by atoms with Gasteiger partial charge in [0.05, 0.1) is 12.5 Å². The lowest BCUT2D eigenvalue weighted by molar-refractivity contribution is -0.199. The van der Waals surface area contributed by atoms with Crippen molar-refractivity contribution in [2.45, 2.75) is 63.3 Å². The average molecular weight is 312 g/mol. The molecule has 2 fully saturated rings. The van der Waals surface area contributed by atoms with Gasteiger partial charge in [-0.15, -0.1) is 0 Å². The molecular weight excluding hydrogens is 288 g/mol. The van der Waals surface area contributed by atoms with E-state index in [1.807, 2.05) is 6.08 Å². The zero-order valence-electron chi connectivity index (χ0n) is 13.9. The summed E-state index contributed by atoms with van der Waals surface area (Å²) >= 11 is 0. The van der Waals surface area contributed by atoms with E-state index in [1.54, 1.807) is 6.08 Å². The summed E-state index contributed by atoms with van der Waals surface area (Å²) in [6.45, 7) is 4.63. The molecule has 2 aliphatic carbocycles. The number of rotatable bonds is 1. The van der Waals surface area contributed by atoms with E-state index in [0.717, 1.165) is 36.8 Å². The molecule has 3 aliphatic rings. The highest BCUT2D eigenvalue weighted by atomic mass is 16.8. The van der Waals surface area contributed by atoms with E-state index in [9.17, 15) is 4.79 Å². The molecule has 23 heavy (non-hydrogen) atoms. The lowest BCUT2D eigenvalue weighted by Gasteiger charge is -2.35. The van der Waals surface area contributed by atoms with Gasteiger partial charge in [-0.1, -0.05) is 30.2 Å². The first-order valence-electron chi connectivity index (χ1n) is 8.68. The number of ether oxygens (including phenoxy) is 2. The molecule has 1 heterocycles. The summed E-state index contributed by atoms with van der Waals surface area (Å²) < 4.78 is 12.7. The highest BCUT2D eigenvalue weighted by Gasteiger charge is 2.57. The van der Waals surface area contributed by atoms with E-state index >= 15 is 0 Å². The molecule has 122 valence electrons. The molecule has 0 radical (unpaired) electrons. The van der Waals surface area contributed by atoms with Gasteiger partial charge in [-0.05, 0) is 50.0 Å². The summed E-state index contributed by atoms with van der Waals surface area (Å²) in [4.78, 5) is 12.6. The molecule has 0 bridgehead atoms. The van der Waals surface area contributed by atoms with Crippen molar-refractivity contribution in [3.05, 3.63) is 47.0 Å². The fraction of sp³-hybridized carbons (Fsp3) is 0.550. The summed E-state index contributed by atoms with van der Waals surface area (Å²) in [6.07, 6.45) is 9.05. The Morgan fingerprint density at radius 3 is 2.65 bits per heavy atom. The Hall–Kier alpha value is -1.45. The Morgan fingerprint density at radius 1 is 1.13 bits per heavy atom. The van der Waals surface area contributed by atoms with Crippen molar-refractivity contribution < 1.29 is 14.3 Å². The van der Waals surface area contributed by atoms with Gasteiger partial charge in [-0.2, -0.15) is 0 Å². The first-order valence-corrected chi connectivity index (χ1v) is 8.68. The van der Waals surface area contributed by atoms with Crippen LogP contribution in [0.25, 0.3) is 0 Å². The molecule has 2 atom stereocenters. The van der Waals surface area contributed by atoms with Crippen LogP contribution in [0.1, 0.15) is 54.7 Å². The van der Waals surface area contributed by atoms with Crippen LogP contribution in [0.2, 0.25) is 0 Å². The van der Waals surface area contributed by atoms with Crippen LogP contribution in [-0.4, -0.2) is 23.8 Å². The van der Waals surface area contributed by atoms with Gasteiger partial charge in [0.15, 0.2) is 11.6 Å². The molecule has 3 nitrogen and oxygen atoms in total. The van der Waals surface area contributed by atoms with Gasteiger partial charge < -0.3 is 9.47 Å². The molecule has 0 unspecified atom stereocenters. The van der Waals surface area contributed by atoms with Crippen LogP contribution in [0.15, 0.2) is 30.4 Å². The molecule has 1 saturated heterocycles. The van der Waals surface area contributed by atoms with Gasteiger partial charge in [0.25, 0.3) is 0 Å². The highest BCUT2D eigenvalue weighted by Crippen LogP contribution is 2.50. The summed E-state index contributed by atoms with van der Waals surface area (Å²) in [6, 6.07) is 6.30. The van der Waals surface area contributed by atoms with Crippen molar-refractivity contribution in [1.82, 2.24) is 0 Å². The third kappa shape index (κ3) is 2.38. The lowest BCUT2D eigenvalue weighted by atomic mass is 9.81. The third-order valence-electron chi connectivity index (χ3n) is 5.59. The summed E-state index contributed by atoms with van der Waals surface area (Å²) in [5.74, 6) is -0.609. The van der Waals surface area contributed by atoms with Crippen LogP contribution in [0.3, 0.4) is 0 Å². The first-order chi connectivity index (χ1) is 11.0. The van der Waals surface area contributed by atoms with Gasteiger partial charge in [0.1, 0.15) is 5.60 Å². The van der Waals surface area contributed by atoms with Gasteiger partial charge in [0, 0.05) is 12.8 Å². The summed E-state index contributed by atoms with van der Waals surface area (Å²) in [5, 5.41) is 0. The number of allylic oxidation sites excluding steroid dienone is 1. The molecular formula is C20H24O3. The average Bonchev–Trinajstić information content (AvgIpc) is 3.03. The predicted octanol–water partition coefficient (Wildman–Crippen LogP) is 3.97. The molecule has 1 aliphatic heterocycles. The van der Waals surface area contributed by atoms with E-state index in [1.165, 1.54) is 12.0 Å². The SMILES string of the molecule is Cc1ccc([C@H]2C(=O)C=C[C@@]23COC2(CCCCC2)O3)c(C)c1. The normalized spacial score (nSPS) is 32.3. The molecule has 1 aromatic carbocycles. The number of hydrogen-bond acceptors (Lipinski definition) is 3. The number of carbonyl (C=O) groups is 1. The van der Waals surface area contributed by atoms with Crippen molar-refractivity contribution in [2.24, 2.45) is 0 Å². The standard InChI is InChI=1S/C20H24O3/c1-14-6-7-16(15(2)12-14)18-17(21)8-11-19(18)13-22-20(23-19)9-4-3-5-10-20/h6-8,11-12,18H,3-5,9-10,13H2,1-2H3/t18-,19+/m0/s1. The maximum Gasteiger partial charge on any atom is 0.169 e. The minimum Gasteiger partial charge on any atom is -0.346 e. The van der Waals surface area contributed by atoms with E-state index in [0.29, 0.717) is 6.61 Å². The Bertz CT molecular complexity index is 669. The minimum absolute atomic E-state index is 0.133. The molecule has 1 aromatic rings. The number of aryl methyl sites for hydroxylation is 2. The van der Waals surface area contributed by atoms with Crippen molar-refractivity contribution in [3.63, 3.8) is 0 Å². The van der Waals surface area contributed by atoms with Crippen molar-refractivity contribution in [2.75, 3.05) is 6.61 Å². The predicted molar refractivity (Wildman–Crippen MR) is 88.4 cm³/mol. The zero-order chi connectivity index (χ0) is 16.1. The number of benzene rings is 1. The molecule has 0 aromatic heterocycles. The van der Waals surface area contributed by atoms with Gasteiger partial charge >= 0.3 is 0 Å². The second-order valence-corrected chi connectivity index (χ2v) is 7.35. The van der Waals surface area contributed by atoms with Crippen LogP contribution in [-0.2, 0) is 14.3 Å². The van der Waals surface area contributed by atoms with Crippen LogP contribution >= 0.6 is 0 Å². The quantitative estimate of drug-likeness (QED) is 0.787. The zero-order valence-corrected chi connectivity index (χ0v) is 13.9. The molecule has 2 spiro atoms. The lowest BCUT2D eigenvalue weighted by Crippen LogP contribution is -2.41. The fourth-order valence-corrected chi connectivity index (χ4v) is 4.43. The van der Waals surface area contributed by atoms with Crippen LogP contribution < -0.4 is 0 Å². The fourth-order valence-electron chi connectivity index (χ4n) is 4.43. The largest absolute Gasteiger partial charge is 0.346 e. The minimum atomic E-state index is -0.617. The molecule has 4 rings (SSSR count). The molecule has 0 amide bonds. The van der Waals surface area contributed by atoms with Crippen LogP contribution in [0, 0.1) is 13.8 Å². The Balaban J connectivity index is 1.70. The van der Waals surface area contributed by atoms with Gasteiger partial charge in [-0.25, -0.2) is 0 Å². The van der Waals surface area contributed by atoms with Crippen LogP contribution in [0.4, 0.5) is 0 Å². The van der Waals surface area contributed by atoms with Gasteiger partial charge in [0.2, 0.25) is 0 Å². The van der Waals surface area contributed by atoms with Crippen molar-refractivity contribution in [1.29, 1.82) is 0 Å². The summed E-state index contributed by atoms with van der Waals surface area (Å²) in [7, 11) is 0. The molecule has 0 N–H and O–H groups in total. The Kier molecular flexibility index (Phi) is 3.47. The van der Waals surface area contributed by atoms with Gasteiger partial charge in [-0.3, -0.25) is 4.79 Å². The highest BCUT2D eigenvalue weighted by molar-refractivity contribution is 6.00. The second-order valence-electron chi connectivity index (χ2n) is 7.35. The van der Waals surface area contributed by atoms with Crippen LogP contribution in [0.5, 0.6) is 0 Å². The Morgan fingerprint density at radius 2 is 1.91 bits per heavy atom. The Labute approximate surface area is 137 Å². The third-order valence-corrected chi connectivity index (χ3v) is 5.59. The number of hydrogen-bond donors (Lipinski definition) is 0. The van der Waals surface area contributed by atoms with Crippen molar-refractivity contribution >= 4 is 5.78 Å². The molecule has 3 heteroatoms. The van der Waals surface area contributed by atoms with E-state index in [2.05, 4.69) is 32.0 Å². The van der Waals surface area contributed by atoms with E-state index in [-0.39, 0.29) is 11.7 Å². The first kappa shape index (κ1) is 15.1. The smallest absolute Gasteiger partial charge is 0.169 e. The van der Waals surface area contributed by atoms with E-state index < -0.39 is 11.4 Å². The maximum atomic E-state index is 12.6. The summed E-state index contributed by atoms with van der Waals surface area (Å²) in [5.41, 5.74) is 2.82. The topological polar surface area (TPSA) is 35.5 Å². The van der Waals surface area contributed by atoms with E-state index in [4.69, 9.17) is 9.47 Å². The maximum absolute atomic E-state index is 12.6. The second kappa shape index (κ2) is 5.29. The molecule has 1 saturated carbocycles. The van der Waals surface area contributed by atoms with Crippen molar-refractivity contribution in [3.8, 4) is 0 Å².